The summed E-state index contributed by atoms with van der Waals surface area (Å²) in [6.07, 6.45) is 7.21. The molecule has 0 amide bonds. The summed E-state index contributed by atoms with van der Waals surface area (Å²) in [6.45, 7) is 1.70. The first-order chi connectivity index (χ1) is 14.1. The standard InChI is InChI=1S/C22H24N6O/c23-17-7-4-10-28(14-17)19-8-9-25-12-16(19)11-20(29)21-18(24)13-26-22(27-21)15-5-2-1-3-6-15/h1-3,5-6,8-9,12-13,17H,4,7,10-11,14,23-24H2/t17-/m0/s1. The van der Waals surface area contributed by atoms with Crippen molar-refractivity contribution in [2.75, 3.05) is 23.7 Å². The average molecular weight is 388 g/mol. The zero-order chi connectivity index (χ0) is 20.2. The van der Waals surface area contributed by atoms with Gasteiger partial charge in [-0.25, -0.2) is 9.97 Å². The Morgan fingerprint density at radius 2 is 2.00 bits per heavy atom. The minimum atomic E-state index is -0.155. The van der Waals surface area contributed by atoms with Crippen LogP contribution in [0, 0.1) is 0 Å². The van der Waals surface area contributed by atoms with E-state index in [1.807, 2.05) is 36.4 Å². The number of hydrogen-bond acceptors (Lipinski definition) is 7. The number of carbonyl (C=O) groups excluding carboxylic acids is 1. The predicted octanol–water partition coefficient (Wildman–Crippen LogP) is 2.47. The predicted molar refractivity (Wildman–Crippen MR) is 114 cm³/mol. The molecular weight excluding hydrogens is 364 g/mol. The molecule has 148 valence electrons. The maximum atomic E-state index is 13.1. The van der Waals surface area contributed by atoms with Crippen LogP contribution in [0.1, 0.15) is 28.9 Å². The van der Waals surface area contributed by atoms with Gasteiger partial charge in [0, 0.05) is 54.8 Å². The average Bonchev–Trinajstić information content (AvgIpc) is 2.75. The molecule has 0 unspecified atom stereocenters. The molecule has 2 aromatic heterocycles. The maximum absolute atomic E-state index is 13.1. The lowest BCUT2D eigenvalue weighted by atomic mass is 10.0. The van der Waals surface area contributed by atoms with E-state index in [2.05, 4.69) is 19.9 Å². The van der Waals surface area contributed by atoms with Gasteiger partial charge in [0.25, 0.3) is 0 Å². The Hall–Kier alpha value is -3.32. The number of ketones is 1. The van der Waals surface area contributed by atoms with Crippen LogP contribution in [-0.4, -0.2) is 39.9 Å². The molecule has 0 radical (unpaired) electrons. The molecule has 3 aromatic rings. The number of benzene rings is 1. The Bertz CT molecular complexity index is 1010. The molecule has 0 spiro atoms. The number of aromatic nitrogens is 3. The molecule has 1 atom stereocenters. The van der Waals surface area contributed by atoms with Gasteiger partial charge in [-0.1, -0.05) is 30.3 Å². The van der Waals surface area contributed by atoms with E-state index >= 15 is 0 Å². The van der Waals surface area contributed by atoms with Crippen LogP contribution in [0.5, 0.6) is 0 Å². The normalized spacial score (nSPS) is 16.6. The van der Waals surface area contributed by atoms with Crippen molar-refractivity contribution >= 4 is 17.2 Å². The van der Waals surface area contributed by atoms with E-state index in [4.69, 9.17) is 11.5 Å². The lowest BCUT2D eigenvalue weighted by molar-refractivity contribution is 0.0989. The highest BCUT2D eigenvalue weighted by Crippen LogP contribution is 2.25. The second-order valence-electron chi connectivity index (χ2n) is 7.32. The number of anilines is 2. The van der Waals surface area contributed by atoms with Gasteiger partial charge in [-0.3, -0.25) is 9.78 Å². The molecule has 0 saturated carbocycles. The summed E-state index contributed by atoms with van der Waals surface area (Å²) in [5.41, 5.74) is 15.4. The molecule has 0 bridgehead atoms. The van der Waals surface area contributed by atoms with Gasteiger partial charge in [0.15, 0.2) is 11.6 Å². The van der Waals surface area contributed by atoms with Gasteiger partial charge in [0.2, 0.25) is 0 Å². The summed E-state index contributed by atoms with van der Waals surface area (Å²) in [5, 5.41) is 0. The van der Waals surface area contributed by atoms with Crippen molar-refractivity contribution in [3.8, 4) is 11.4 Å². The molecule has 1 aromatic carbocycles. The molecule has 1 aliphatic rings. The summed E-state index contributed by atoms with van der Waals surface area (Å²) in [6, 6.07) is 11.6. The Labute approximate surface area is 169 Å². The number of nitrogen functional groups attached to an aromatic ring is 1. The number of nitrogens with zero attached hydrogens (tertiary/aromatic N) is 4. The minimum Gasteiger partial charge on any atom is -0.396 e. The second-order valence-corrected chi connectivity index (χ2v) is 7.32. The smallest absolute Gasteiger partial charge is 0.187 e. The number of nitrogens with two attached hydrogens (primary N) is 2. The van der Waals surface area contributed by atoms with Crippen molar-refractivity contribution in [1.82, 2.24) is 15.0 Å². The first kappa shape index (κ1) is 19.0. The summed E-state index contributed by atoms with van der Waals surface area (Å²) in [4.78, 5) is 28.3. The third-order valence-corrected chi connectivity index (χ3v) is 5.14. The zero-order valence-electron chi connectivity index (χ0n) is 16.2. The van der Waals surface area contributed by atoms with Crippen molar-refractivity contribution in [3.05, 3.63) is 66.2 Å². The third kappa shape index (κ3) is 4.25. The van der Waals surface area contributed by atoms with E-state index in [0.29, 0.717) is 5.82 Å². The quantitative estimate of drug-likeness (QED) is 0.646. The van der Waals surface area contributed by atoms with Gasteiger partial charge >= 0.3 is 0 Å². The molecule has 0 aliphatic carbocycles. The Morgan fingerprint density at radius 1 is 1.17 bits per heavy atom. The van der Waals surface area contributed by atoms with Crippen LogP contribution >= 0.6 is 0 Å². The van der Waals surface area contributed by atoms with Crippen LogP contribution in [0.3, 0.4) is 0 Å². The van der Waals surface area contributed by atoms with E-state index < -0.39 is 0 Å². The van der Waals surface area contributed by atoms with Crippen LogP contribution in [-0.2, 0) is 6.42 Å². The molecule has 1 aliphatic heterocycles. The number of piperidine rings is 1. The van der Waals surface area contributed by atoms with Gasteiger partial charge in [0.1, 0.15) is 5.69 Å². The maximum Gasteiger partial charge on any atom is 0.187 e. The zero-order valence-corrected chi connectivity index (χ0v) is 16.2. The van der Waals surface area contributed by atoms with Gasteiger partial charge in [-0.05, 0) is 18.9 Å². The third-order valence-electron chi connectivity index (χ3n) is 5.14. The molecule has 7 heteroatoms. The van der Waals surface area contributed by atoms with Crippen LogP contribution < -0.4 is 16.4 Å². The number of carbonyl (C=O) groups is 1. The molecule has 7 nitrogen and oxygen atoms in total. The van der Waals surface area contributed by atoms with Crippen molar-refractivity contribution in [2.45, 2.75) is 25.3 Å². The fraction of sp³-hybridized carbons (Fsp3) is 0.273. The molecule has 1 fully saturated rings. The molecule has 1 saturated heterocycles. The van der Waals surface area contributed by atoms with Crippen LogP contribution in [0.15, 0.2) is 55.0 Å². The monoisotopic (exact) mass is 388 g/mol. The Balaban J connectivity index is 1.61. The van der Waals surface area contributed by atoms with E-state index in [0.717, 1.165) is 42.7 Å². The second kappa shape index (κ2) is 8.36. The number of Topliss-reactive ketones (excluding diaryl/α,β-unsaturated/α-hetero) is 1. The largest absolute Gasteiger partial charge is 0.396 e. The van der Waals surface area contributed by atoms with Crippen LogP contribution in [0.2, 0.25) is 0 Å². The number of hydrogen-bond donors (Lipinski definition) is 2. The van der Waals surface area contributed by atoms with Crippen molar-refractivity contribution in [3.63, 3.8) is 0 Å². The summed E-state index contributed by atoms with van der Waals surface area (Å²) < 4.78 is 0. The van der Waals surface area contributed by atoms with E-state index in [9.17, 15) is 4.79 Å². The lowest BCUT2D eigenvalue weighted by Crippen LogP contribution is -2.43. The van der Waals surface area contributed by atoms with Crippen LogP contribution in [0.4, 0.5) is 11.4 Å². The molecule has 4 rings (SSSR count). The topological polar surface area (TPSA) is 111 Å². The van der Waals surface area contributed by atoms with Crippen LogP contribution in [0.25, 0.3) is 11.4 Å². The first-order valence-electron chi connectivity index (χ1n) is 9.76. The van der Waals surface area contributed by atoms with Crippen molar-refractivity contribution in [1.29, 1.82) is 0 Å². The molecule has 3 heterocycles. The first-order valence-corrected chi connectivity index (χ1v) is 9.76. The van der Waals surface area contributed by atoms with Gasteiger partial charge < -0.3 is 16.4 Å². The van der Waals surface area contributed by atoms with E-state index in [1.165, 1.54) is 6.20 Å². The van der Waals surface area contributed by atoms with Gasteiger partial charge in [-0.2, -0.15) is 0 Å². The Kier molecular flexibility index (Phi) is 5.48. The number of pyridine rings is 1. The van der Waals surface area contributed by atoms with Gasteiger partial charge in [-0.15, -0.1) is 0 Å². The molecular formula is C22H24N6O. The fourth-order valence-corrected chi connectivity index (χ4v) is 3.69. The minimum absolute atomic E-state index is 0.145. The summed E-state index contributed by atoms with van der Waals surface area (Å²) >= 11 is 0. The highest BCUT2D eigenvalue weighted by Gasteiger charge is 2.22. The summed E-state index contributed by atoms with van der Waals surface area (Å²) in [5.74, 6) is 0.328. The Morgan fingerprint density at radius 3 is 2.79 bits per heavy atom. The van der Waals surface area contributed by atoms with E-state index in [1.54, 1.807) is 12.4 Å². The summed E-state index contributed by atoms with van der Waals surface area (Å²) in [7, 11) is 0. The highest BCUT2D eigenvalue weighted by atomic mass is 16.1. The molecule has 29 heavy (non-hydrogen) atoms. The van der Waals surface area contributed by atoms with E-state index in [-0.39, 0.29) is 29.6 Å². The fourth-order valence-electron chi connectivity index (χ4n) is 3.69. The number of rotatable bonds is 5. The van der Waals surface area contributed by atoms with Crippen molar-refractivity contribution in [2.24, 2.45) is 5.73 Å². The SMILES string of the molecule is Nc1cnc(-c2ccccc2)nc1C(=O)Cc1cnccc1N1CCC[C@H](N)C1. The lowest BCUT2D eigenvalue weighted by Gasteiger charge is -2.33. The molecule has 4 N–H and O–H groups in total. The van der Waals surface area contributed by atoms with Gasteiger partial charge in [0.05, 0.1) is 11.9 Å². The highest BCUT2D eigenvalue weighted by molar-refractivity contribution is 6.00. The van der Waals surface area contributed by atoms with Crippen molar-refractivity contribution < 1.29 is 4.79 Å².